The highest BCUT2D eigenvalue weighted by atomic mass is 32.1. The Kier molecular flexibility index (Phi) is 2.90. The maximum absolute atomic E-state index is 10.6. The van der Waals surface area contributed by atoms with Gasteiger partial charge in [0.15, 0.2) is 5.01 Å². The summed E-state index contributed by atoms with van der Waals surface area (Å²) in [6, 6.07) is 1.35. The Balaban J connectivity index is 1.75. The van der Waals surface area contributed by atoms with Crippen LogP contribution in [0, 0.1) is 10.1 Å². The molecule has 0 amide bonds. The van der Waals surface area contributed by atoms with Crippen molar-refractivity contribution in [3.05, 3.63) is 51.0 Å². The molecule has 9 heteroatoms. The van der Waals surface area contributed by atoms with Crippen molar-refractivity contribution in [3.63, 3.8) is 0 Å². The molecule has 2 aromatic rings. The summed E-state index contributed by atoms with van der Waals surface area (Å²) in [5.41, 5.74) is 0.739. The number of ether oxygens (including phenoxy) is 2. The number of aromatic nitrogens is 3. The van der Waals surface area contributed by atoms with Gasteiger partial charge in [-0.1, -0.05) is 0 Å². The summed E-state index contributed by atoms with van der Waals surface area (Å²) in [7, 11) is 0. The molecule has 0 saturated carbocycles. The van der Waals surface area contributed by atoms with E-state index in [1.807, 2.05) is 5.38 Å². The van der Waals surface area contributed by atoms with Crippen molar-refractivity contribution in [1.29, 1.82) is 0 Å². The van der Waals surface area contributed by atoms with E-state index in [1.165, 1.54) is 34.6 Å². The summed E-state index contributed by atoms with van der Waals surface area (Å²) in [5, 5.41) is 16.9. The van der Waals surface area contributed by atoms with Crippen LogP contribution < -0.4 is 0 Å². The van der Waals surface area contributed by atoms with Crippen LogP contribution in [-0.2, 0) is 21.8 Å². The predicted molar refractivity (Wildman–Crippen MR) is 68.8 cm³/mol. The first kappa shape index (κ1) is 12.6. The number of nitro groups is 1. The second-order valence-electron chi connectivity index (χ2n) is 4.23. The number of rotatable bonds is 4. The minimum atomic E-state index is -0.890. The average Bonchev–Trinajstić information content (AvgIpc) is 3.10. The van der Waals surface area contributed by atoms with Gasteiger partial charge in [0.25, 0.3) is 0 Å². The first-order valence-electron chi connectivity index (χ1n) is 5.70. The van der Waals surface area contributed by atoms with Gasteiger partial charge >= 0.3 is 11.6 Å². The summed E-state index contributed by atoms with van der Waals surface area (Å²) < 4.78 is 12.2. The highest BCUT2D eigenvalue weighted by molar-refractivity contribution is 7.09. The molecule has 1 aliphatic heterocycles. The Hall–Kier alpha value is -2.42. The minimum Gasteiger partial charge on any atom is -0.451 e. The van der Waals surface area contributed by atoms with E-state index in [0.29, 0.717) is 11.6 Å². The van der Waals surface area contributed by atoms with Gasteiger partial charge in [-0.2, -0.15) is 4.68 Å². The van der Waals surface area contributed by atoms with E-state index < -0.39 is 10.7 Å². The monoisotopic (exact) mass is 294 g/mol. The lowest BCUT2D eigenvalue weighted by atomic mass is 10.3. The van der Waals surface area contributed by atoms with Crippen molar-refractivity contribution < 1.29 is 14.4 Å². The van der Waals surface area contributed by atoms with Crippen molar-refractivity contribution >= 4 is 17.2 Å². The van der Waals surface area contributed by atoms with Crippen LogP contribution in [0.5, 0.6) is 0 Å². The van der Waals surface area contributed by atoms with E-state index in [2.05, 4.69) is 10.1 Å². The molecular formula is C11H10N4O4S. The van der Waals surface area contributed by atoms with Crippen LogP contribution in [0.15, 0.2) is 30.2 Å². The van der Waals surface area contributed by atoms with E-state index >= 15 is 0 Å². The van der Waals surface area contributed by atoms with Gasteiger partial charge in [-0.05, 0) is 4.92 Å². The summed E-state index contributed by atoms with van der Waals surface area (Å²) in [4.78, 5) is 14.4. The van der Waals surface area contributed by atoms with Crippen LogP contribution >= 0.6 is 11.3 Å². The van der Waals surface area contributed by atoms with Crippen LogP contribution in [0.3, 0.4) is 0 Å². The van der Waals surface area contributed by atoms with E-state index in [1.54, 1.807) is 13.1 Å². The Morgan fingerprint density at radius 2 is 2.25 bits per heavy atom. The first-order valence-corrected chi connectivity index (χ1v) is 6.58. The van der Waals surface area contributed by atoms with E-state index in [9.17, 15) is 10.1 Å². The standard InChI is InChI=1S/C11H10N4O4S/c1-11(18-4-5-19-11)10-12-8(7-20-10)6-14-3-2-9(13-14)15(16)17/h2-5,7H,6H2,1H3. The molecule has 3 rings (SSSR count). The Labute approximate surface area is 117 Å². The number of nitrogens with zero attached hydrogens (tertiary/aromatic N) is 4. The fourth-order valence-corrected chi connectivity index (χ4v) is 2.59. The van der Waals surface area contributed by atoms with Crippen LogP contribution in [0.2, 0.25) is 0 Å². The largest absolute Gasteiger partial charge is 0.451 e. The molecule has 0 unspecified atom stereocenters. The van der Waals surface area contributed by atoms with Crippen molar-refractivity contribution in [2.45, 2.75) is 19.3 Å². The van der Waals surface area contributed by atoms with Crippen molar-refractivity contribution in [2.24, 2.45) is 0 Å². The molecule has 0 bridgehead atoms. The normalized spacial score (nSPS) is 15.8. The third-order valence-corrected chi connectivity index (χ3v) is 3.79. The lowest BCUT2D eigenvalue weighted by Crippen LogP contribution is -2.22. The lowest BCUT2D eigenvalue weighted by molar-refractivity contribution is -0.389. The lowest BCUT2D eigenvalue weighted by Gasteiger charge is -2.19. The van der Waals surface area contributed by atoms with Gasteiger partial charge in [-0.25, -0.2) is 4.98 Å². The molecular weight excluding hydrogens is 284 g/mol. The number of hydrogen-bond donors (Lipinski definition) is 0. The van der Waals surface area contributed by atoms with E-state index in [4.69, 9.17) is 9.47 Å². The van der Waals surface area contributed by atoms with Gasteiger partial charge in [-0.15, -0.1) is 11.3 Å². The molecule has 1 aliphatic rings. The van der Waals surface area contributed by atoms with Gasteiger partial charge in [0, 0.05) is 12.3 Å². The van der Waals surface area contributed by atoms with Crippen molar-refractivity contribution in [3.8, 4) is 0 Å². The molecule has 0 fully saturated rings. The fourth-order valence-electron chi connectivity index (χ4n) is 1.73. The zero-order valence-electron chi connectivity index (χ0n) is 10.4. The summed E-state index contributed by atoms with van der Waals surface area (Å²) in [6.07, 6.45) is 4.48. The van der Waals surface area contributed by atoms with Crippen LogP contribution in [0.25, 0.3) is 0 Å². The molecule has 0 atom stereocenters. The molecule has 0 aliphatic carbocycles. The molecule has 2 aromatic heterocycles. The molecule has 20 heavy (non-hydrogen) atoms. The van der Waals surface area contributed by atoms with Crippen LogP contribution in [-0.4, -0.2) is 19.7 Å². The van der Waals surface area contributed by atoms with Crippen molar-refractivity contribution in [1.82, 2.24) is 14.8 Å². The molecule has 0 N–H and O–H groups in total. The van der Waals surface area contributed by atoms with E-state index in [-0.39, 0.29) is 5.82 Å². The molecule has 0 radical (unpaired) electrons. The summed E-state index contributed by atoms with van der Waals surface area (Å²) in [6.45, 7) is 2.13. The van der Waals surface area contributed by atoms with Crippen molar-refractivity contribution in [2.75, 3.05) is 0 Å². The second kappa shape index (κ2) is 4.60. The Bertz CT molecular complexity index is 670. The Morgan fingerprint density at radius 3 is 2.90 bits per heavy atom. The predicted octanol–water partition coefficient (Wildman–Crippen LogP) is 1.99. The molecule has 0 aromatic carbocycles. The smallest absolute Gasteiger partial charge is 0.389 e. The fraction of sp³-hybridized carbons (Fsp3) is 0.273. The van der Waals surface area contributed by atoms with Gasteiger partial charge in [0.05, 0.1) is 23.1 Å². The zero-order valence-corrected chi connectivity index (χ0v) is 11.2. The van der Waals surface area contributed by atoms with Gasteiger partial charge in [0.2, 0.25) is 0 Å². The maximum atomic E-state index is 10.6. The molecule has 104 valence electrons. The zero-order chi connectivity index (χ0) is 14.2. The molecule has 8 nitrogen and oxygen atoms in total. The molecule has 3 heterocycles. The van der Waals surface area contributed by atoms with Gasteiger partial charge in [-0.3, -0.25) is 0 Å². The summed E-state index contributed by atoms with van der Waals surface area (Å²) >= 11 is 1.40. The highest BCUT2D eigenvalue weighted by Gasteiger charge is 2.35. The highest BCUT2D eigenvalue weighted by Crippen LogP contribution is 2.33. The number of hydrogen-bond acceptors (Lipinski definition) is 7. The minimum absolute atomic E-state index is 0.181. The quantitative estimate of drug-likeness (QED) is 0.632. The number of thiazole rings is 1. The molecule has 0 spiro atoms. The second-order valence-corrected chi connectivity index (χ2v) is 5.08. The topological polar surface area (TPSA) is 92.3 Å². The molecule has 0 saturated heterocycles. The maximum Gasteiger partial charge on any atom is 0.389 e. The van der Waals surface area contributed by atoms with Gasteiger partial charge in [0.1, 0.15) is 19.1 Å². The summed E-state index contributed by atoms with van der Waals surface area (Å²) in [5.74, 6) is -1.07. The average molecular weight is 294 g/mol. The van der Waals surface area contributed by atoms with Gasteiger partial charge < -0.3 is 19.6 Å². The van der Waals surface area contributed by atoms with E-state index in [0.717, 1.165) is 5.69 Å². The first-order chi connectivity index (χ1) is 9.57. The van der Waals surface area contributed by atoms with Crippen LogP contribution in [0.1, 0.15) is 17.6 Å². The van der Waals surface area contributed by atoms with Crippen LogP contribution in [0.4, 0.5) is 5.82 Å². The SMILES string of the molecule is CC1(c2nc(Cn3ccc([N+](=O)[O-])n3)cs2)OC=CO1. The Morgan fingerprint density at radius 1 is 1.50 bits per heavy atom. The third kappa shape index (κ3) is 2.23. The third-order valence-electron chi connectivity index (χ3n) is 2.72.